The van der Waals surface area contributed by atoms with Crippen LogP contribution in [0.2, 0.25) is 0 Å². The van der Waals surface area contributed by atoms with Crippen LogP contribution in [0.4, 0.5) is 0 Å². The van der Waals surface area contributed by atoms with Gasteiger partial charge in [0.1, 0.15) is 5.75 Å². The zero-order chi connectivity index (χ0) is 11.3. The first-order valence-electron chi connectivity index (χ1n) is 4.86. The van der Waals surface area contributed by atoms with E-state index in [1.807, 2.05) is 24.3 Å². The summed E-state index contributed by atoms with van der Waals surface area (Å²) in [7, 11) is 1.66. The van der Waals surface area contributed by atoms with Crippen LogP contribution in [0.25, 0.3) is 0 Å². The van der Waals surface area contributed by atoms with E-state index in [4.69, 9.17) is 10.5 Å². The molecule has 0 amide bonds. The van der Waals surface area contributed by atoms with E-state index in [1.54, 1.807) is 7.11 Å². The van der Waals surface area contributed by atoms with Crippen molar-refractivity contribution in [1.29, 1.82) is 0 Å². The van der Waals surface area contributed by atoms with Gasteiger partial charge >= 0.3 is 0 Å². The Morgan fingerprint density at radius 3 is 2.87 bits per heavy atom. The number of nitrogens with two attached hydrogens (primary N) is 1. The summed E-state index contributed by atoms with van der Waals surface area (Å²) in [6, 6.07) is 6.16. The average Bonchev–Trinajstić information content (AvgIpc) is 2.18. The van der Waals surface area contributed by atoms with Crippen molar-refractivity contribution in [2.75, 3.05) is 7.11 Å². The molecule has 2 N–H and O–H groups in total. The molecule has 0 aliphatic carbocycles. The summed E-state index contributed by atoms with van der Waals surface area (Å²) in [5, 5.41) is 0. The maximum Gasteiger partial charge on any atom is 0.133 e. The summed E-state index contributed by atoms with van der Waals surface area (Å²) >= 11 is 3.45. The molecule has 1 atom stereocenters. The van der Waals surface area contributed by atoms with E-state index < -0.39 is 0 Å². The first-order chi connectivity index (χ1) is 7.17. The van der Waals surface area contributed by atoms with Crippen molar-refractivity contribution < 1.29 is 4.74 Å². The van der Waals surface area contributed by atoms with Gasteiger partial charge in [-0.2, -0.15) is 0 Å². The van der Waals surface area contributed by atoms with Crippen LogP contribution in [0.3, 0.4) is 0 Å². The monoisotopic (exact) mass is 269 g/mol. The maximum atomic E-state index is 5.92. The van der Waals surface area contributed by atoms with Gasteiger partial charge in [0.25, 0.3) is 0 Å². The summed E-state index contributed by atoms with van der Waals surface area (Å²) in [6.07, 6.45) is 3.54. The fraction of sp³-hybridized carbons (Fsp3) is 0.333. The lowest BCUT2D eigenvalue weighted by Crippen LogP contribution is -2.21. The minimum Gasteiger partial charge on any atom is -0.496 e. The molecule has 3 heteroatoms. The molecule has 0 saturated carbocycles. The van der Waals surface area contributed by atoms with Crippen LogP contribution in [-0.2, 0) is 6.42 Å². The van der Waals surface area contributed by atoms with E-state index in [0.717, 1.165) is 23.1 Å². The van der Waals surface area contributed by atoms with Crippen molar-refractivity contribution >= 4 is 15.9 Å². The third-order valence-corrected chi connectivity index (χ3v) is 2.80. The number of benzene rings is 1. The highest BCUT2D eigenvalue weighted by atomic mass is 79.9. The molecular weight excluding hydrogens is 254 g/mol. The second-order valence-electron chi connectivity index (χ2n) is 3.46. The van der Waals surface area contributed by atoms with Gasteiger partial charge in [0, 0.05) is 6.04 Å². The van der Waals surface area contributed by atoms with Gasteiger partial charge < -0.3 is 10.5 Å². The van der Waals surface area contributed by atoms with E-state index in [-0.39, 0.29) is 6.04 Å². The summed E-state index contributed by atoms with van der Waals surface area (Å²) < 4.78 is 6.12. The van der Waals surface area contributed by atoms with Crippen molar-refractivity contribution in [3.8, 4) is 5.75 Å². The SMILES string of the molecule is C=CCC(N)Cc1ccc(OC)c(Br)c1. The number of ether oxygens (including phenoxy) is 1. The number of methoxy groups -OCH3 is 1. The Hall–Kier alpha value is -0.800. The topological polar surface area (TPSA) is 35.2 Å². The zero-order valence-electron chi connectivity index (χ0n) is 8.87. The van der Waals surface area contributed by atoms with Gasteiger partial charge in [-0.3, -0.25) is 0 Å². The van der Waals surface area contributed by atoms with E-state index in [0.29, 0.717) is 0 Å². The smallest absolute Gasteiger partial charge is 0.133 e. The van der Waals surface area contributed by atoms with Gasteiger partial charge in [0.2, 0.25) is 0 Å². The third-order valence-electron chi connectivity index (χ3n) is 2.18. The van der Waals surface area contributed by atoms with E-state index >= 15 is 0 Å². The highest BCUT2D eigenvalue weighted by Gasteiger charge is 2.05. The summed E-state index contributed by atoms with van der Waals surface area (Å²) in [4.78, 5) is 0. The van der Waals surface area contributed by atoms with E-state index in [2.05, 4.69) is 22.5 Å². The number of rotatable bonds is 5. The van der Waals surface area contributed by atoms with E-state index in [9.17, 15) is 0 Å². The van der Waals surface area contributed by atoms with Gasteiger partial charge in [-0.05, 0) is 46.5 Å². The minimum absolute atomic E-state index is 0.141. The molecule has 0 aliphatic heterocycles. The molecule has 0 radical (unpaired) electrons. The molecule has 0 spiro atoms. The van der Waals surface area contributed by atoms with Crippen LogP contribution in [0, 0.1) is 0 Å². The lowest BCUT2D eigenvalue weighted by molar-refractivity contribution is 0.412. The Kier molecular flexibility index (Phi) is 4.85. The number of hydrogen-bond donors (Lipinski definition) is 1. The molecule has 0 aromatic heterocycles. The first-order valence-corrected chi connectivity index (χ1v) is 5.65. The molecule has 15 heavy (non-hydrogen) atoms. The number of hydrogen-bond acceptors (Lipinski definition) is 2. The largest absolute Gasteiger partial charge is 0.496 e. The van der Waals surface area contributed by atoms with Crippen LogP contribution in [0.1, 0.15) is 12.0 Å². The third kappa shape index (κ3) is 3.68. The second-order valence-corrected chi connectivity index (χ2v) is 4.31. The molecule has 1 aromatic rings. The van der Waals surface area contributed by atoms with Crippen molar-refractivity contribution in [1.82, 2.24) is 0 Å². The molecule has 2 nitrogen and oxygen atoms in total. The van der Waals surface area contributed by atoms with Crippen LogP contribution >= 0.6 is 15.9 Å². The second kappa shape index (κ2) is 5.93. The molecule has 0 saturated heterocycles. The zero-order valence-corrected chi connectivity index (χ0v) is 10.5. The molecule has 0 fully saturated rings. The minimum atomic E-state index is 0.141. The van der Waals surface area contributed by atoms with Crippen LogP contribution < -0.4 is 10.5 Å². The standard InChI is InChI=1S/C12H16BrNO/c1-3-4-10(14)7-9-5-6-12(15-2)11(13)8-9/h3,5-6,8,10H,1,4,7,14H2,2H3. The van der Waals surface area contributed by atoms with Crippen LogP contribution in [-0.4, -0.2) is 13.2 Å². The lowest BCUT2D eigenvalue weighted by Gasteiger charge is -2.10. The van der Waals surface area contributed by atoms with Gasteiger partial charge in [0.05, 0.1) is 11.6 Å². The molecule has 0 heterocycles. The fourth-order valence-corrected chi connectivity index (χ4v) is 2.03. The van der Waals surface area contributed by atoms with Crippen LogP contribution in [0.15, 0.2) is 35.3 Å². The lowest BCUT2D eigenvalue weighted by atomic mass is 10.0. The average molecular weight is 270 g/mol. The predicted octanol–water partition coefficient (Wildman–Crippen LogP) is 2.90. The molecule has 1 aromatic carbocycles. The maximum absolute atomic E-state index is 5.92. The number of halogens is 1. The van der Waals surface area contributed by atoms with Gasteiger partial charge in [-0.25, -0.2) is 0 Å². The summed E-state index contributed by atoms with van der Waals surface area (Å²) in [6.45, 7) is 3.68. The fourth-order valence-electron chi connectivity index (χ4n) is 1.44. The van der Waals surface area contributed by atoms with Gasteiger partial charge in [0.15, 0.2) is 0 Å². The van der Waals surface area contributed by atoms with Gasteiger partial charge in [-0.15, -0.1) is 6.58 Å². The molecule has 1 unspecified atom stereocenters. The summed E-state index contributed by atoms with van der Waals surface area (Å²) in [5.74, 6) is 0.844. The molecule has 1 rings (SSSR count). The van der Waals surface area contributed by atoms with Crippen LogP contribution in [0.5, 0.6) is 5.75 Å². The first kappa shape index (κ1) is 12.3. The highest BCUT2D eigenvalue weighted by Crippen LogP contribution is 2.25. The predicted molar refractivity (Wildman–Crippen MR) is 67.2 cm³/mol. The van der Waals surface area contributed by atoms with Crippen molar-refractivity contribution in [2.24, 2.45) is 5.73 Å². The molecular formula is C12H16BrNO. The quantitative estimate of drug-likeness (QED) is 0.835. The van der Waals surface area contributed by atoms with Crippen molar-refractivity contribution in [3.05, 3.63) is 40.9 Å². The Morgan fingerprint density at radius 1 is 1.60 bits per heavy atom. The highest BCUT2D eigenvalue weighted by molar-refractivity contribution is 9.10. The Morgan fingerprint density at radius 2 is 2.33 bits per heavy atom. The van der Waals surface area contributed by atoms with E-state index in [1.165, 1.54) is 5.56 Å². The molecule has 0 bridgehead atoms. The molecule has 0 aliphatic rings. The summed E-state index contributed by atoms with van der Waals surface area (Å²) in [5.41, 5.74) is 7.12. The normalized spacial score (nSPS) is 12.2. The molecule has 82 valence electrons. The Labute approximate surface area is 99.3 Å². The Bertz CT molecular complexity index is 338. The van der Waals surface area contributed by atoms with Crippen molar-refractivity contribution in [3.63, 3.8) is 0 Å². The van der Waals surface area contributed by atoms with Crippen molar-refractivity contribution in [2.45, 2.75) is 18.9 Å². The van der Waals surface area contributed by atoms with Gasteiger partial charge in [-0.1, -0.05) is 12.1 Å². The Balaban J connectivity index is 2.70.